The molecule has 5 rings (SSSR count). The number of carbonyl (C=O) groups is 2. The topological polar surface area (TPSA) is 113 Å². The number of anilines is 1. The summed E-state index contributed by atoms with van der Waals surface area (Å²) < 4.78 is 5.62. The third kappa shape index (κ3) is 4.90. The van der Waals surface area contributed by atoms with E-state index >= 15 is 0 Å². The van der Waals surface area contributed by atoms with E-state index in [1.807, 2.05) is 6.07 Å². The summed E-state index contributed by atoms with van der Waals surface area (Å²) >= 11 is 1.51. The molecular weight excluding hydrogens is 452 g/mol. The van der Waals surface area contributed by atoms with Gasteiger partial charge < -0.3 is 20.4 Å². The Balaban J connectivity index is 1.28. The van der Waals surface area contributed by atoms with Crippen LogP contribution in [0.2, 0.25) is 0 Å². The molecule has 2 aromatic heterocycles. The zero-order valence-electron chi connectivity index (χ0n) is 18.9. The van der Waals surface area contributed by atoms with E-state index in [9.17, 15) is 14.4 Å². The molecule has 3 heterocycles. The number of hydrogen-bond acceptors (Lipinski definition) is 6. The molecule has 0 saturated carbocycles. The van der Waals surface area contributed by atoms with Crippen molar-refractivity contribution < 1.29 is 14.3 Å². The van der Waals surface area contributed by atoms with Crippen LogP contribution in [0.3, 0.4) is 0 Å². The van der Waals surface area contributed by atoms with Crippen molar-refractivity contribution in [3.05, 3.63) is 56.4 Å². The molecule has 34 heavy (non-hydrogen) atoms. The Kier molecular flexibility index (Phi) is 6.73. The van der Waals surface area contributed by atoms with E-state index in [1.54, 1.807) is 18.2 Å². The van der Waals surface area contributed by atoms with E-state index in [2.05, 4.69) is 20.6 Å². The van der Waals surface area contributed by atoms with Gasteiger partial charge in [0.1, 0.15) is 10.8 Å². The van der Waals surface area contributed by atoms with Crippen molar-refractivity contribution in [3.63, 3.8) is 0 Å². The highest BCUT2D eigenvalue weighted by atomic mass is 32.1. The van der Waals surface area contributed by atoms with Crippen molar-refractivity contribution in [2.45, 2.75) is 57.5 Å². The van der Waals surface area contributed by atoms with Gasteiger partial charge in [-0.1, -0.05) is 12.1 Å². The molecule has 1 fully saturated rings. The van der Waals surface area contributed by atoms with Gasteiger partial charge >= 0.3 is 0 Å². The lowest BCUT2D eigenvalue weighted by Gasteiger charge is -2.15. The maximum atomic E-state index is 13.1. The van der Waals surface area contributed by atoms with Gasteiger partial charge in [0, 0.05) is 30.9 Å². The van der Waals surface area contributed by atoms with Gasteiger partial charge in [0.05, 0.1) is 22.6 Å². The molecule has 0 spiro atoms. The molecule has 1 atom stereocenters. The van der Waals surface area contributed by atoms with Crippen molar-refractivity contribution in [3.8, 4) is 0 Å². The Morgan fingerprint density at radius 3 is 2.88 bits per heavy atom. The van der Waals surface area contributed by atoms with E-state index < -0.39 is 0 Å². The van der Waals surface area contributed by atoms with Crippen LogP contribution in [0.1, 0.15) is 58.7 Å². The van der Waals surface area contributed by atoms with Gasteiger partial charge in [-0.05, 0) is 56.2 Å². The predicted octanol–water partition coefficient (Wildman–Crippen LogP) is 3.34. The van der Waals surface area contributed by atoms with Crippen molar-refractivity contribution in [1.29, 1.82) is 0 Å². The van der Waals surface area contributed by atoms with Crippen molar-refractivity contribution >= 4 is 39.1 Å². The second kappa shape index (κ2) is 10.1. The first-order valence-electron chi connectivity index (χ1n) is 11.9. The standard InChI is InChI=1S/C25H28N4O4S/c30-21(12-11-20-27-18-9-3-1-7-16(18)23(31)28-20)29-25-22(17-8-2-4-10-19(17)34-25)24(32)26-14-15-6-5-13-33-15/h1,3,7,9,15H,2,4-6,8,10-14H2,(H,26,32)(H,29,30)(H,27,28,31). The van der Waals surface area contributed by atoms with Crippen LogP contribution >= 0.6 is 11.3 Å². The van der Waals surface area contributed by atoms with Crippen molar-refractivity contribution in [2.75, 3.05) is 18.5 Å². The summed E-state index contributed by atoms with van der Waals surface area (Å²) in [7, 11) is 0. The zero-order valence-corrected chi connectivity index (χ0v) is 19.8. The molecular formula is C25H28N4O4S. The van der Waals surface area contributed by atoms with Crippen LogP contribution < -0.4 is 16.2 Å². The largest absolute Gasteiger partial charge is 0.376 e. The second-order valence-corrected chi connectivity index (χ2v) is 9.94. The number of nitrogens with zero attached hydrogens (tertiary/aromatic N) is 1. The number of aromatic amines is 1. The van der Waals surface area contributed by atoms with Gasteiger partial charge in [-0.2, -0.15) is 0 Å². The quantitative estimate of drug-likeness (QED) is 0.480. The smallest absolute Gasteiger partial charge is 0.258 e. The molecule has 1 aromatic carbocycles. The maximum Gasteiger partial charge on any atom is 0.258 e. The minimum absolute atomic E-state index is 0.0630. The number of thiophene rings is 1. The van der Waals surface area contributed by atoms with Crippen LogP contribution in [0.25, 0.3) is 10.9 Å². The van der Waals surface area contributed by atoms with Gasteiger partial charge in [-0.3, -0.25) is 14.4 Å². The predicted molar refractivity (Wildman–Crippen MR) is 132 cm³/mol. The number of fused-ring (bicyclic) bond motifs is 2. The molecule has 178 valence electrons. The summed E-state index contributed by atoms with van der Waals surface area (Å²) in [4.78, 5) is 46.6. The van der Waals surface area contributed by atoms with E-state index in [1.165, 1.54) is 16.2 Å². The Hall–Kier alpha value is -3.04. The number of rotatable bonds is 7. The van der Waals surface area contributed by atoms with E-state index in [0.29, 0.717) is 40.3 Å². The fourth-order valence-corrected chi connectivity index (χ4v) is 5.97. The number of nitrogens with one attached hydrogen (secondary N) is 3. The molecule has 2 amide bonds. The molecule has 8 nitrogen and oxygen atoms in total. The molecule has 1 aliphatic carbocycles. The Bertz CT molecular complexity index is 1280. The fourth-order valence-electron chi connectivity index (χ4n) is 4.67. The SMILES string of the molecule is O=C(CCc1nc2ccccc2c(=O)[nH]1)Nc1sc2c(c1C(=O)NCC1CCCO1)CCCC2. The lowest BCUT2D eigenvalue weighted by Crippen LogP contribution is -2.32. The van der Waals surface area contributed by atoms with Crippen molar-refractivity contribution in [1.82, 2.24) is 15.3 Å². The second-order valence-electron chi connectivity index (χ2n) is 8.84. The van der Waals surface area contributed by atoms with Crippen molar-refractivity contribution in [2.24, 2.45) is 0 Å². The maximum absolute atomic E-state index is 13.1. The van der Waals surface area contributed by atoms with Gasteiger partial charge in [0.15, 0.2) is 0 Å². The lowest BCUT2D eigenvalue weighted by molar-refractivity contribution is -0.116. The van der Waals surface area contributed by atoms with Crippen LogP contribution in [0.15, 0.2) is 29.1 Å². The number of ether oxygens (including phenoxy) is 1. The Labute approximate surface area is 201 Å². The first-order valence-corrected chi connectivity index (χ1v) is 12.7. The van der Waals surface area contributed by atoms with Crippen LogP contribution in [-0.4, -0.2) is 41.0 Å². The first kappa shape index (κ1) is 22.7. The van der Waals surface area contributed by atoms with Gasteiger partial charge in [-0.15, -0.1) is 11.3 Å². The third-order valence-electron chi connectivity index (χ3n) is 6.42. The lowest BCUT2D eigenvalue weighted by atomic mass is 9.95. The van der Waals surface area contributed by atoms with Crippen LogP contribution in [0, 0.1) is 0 Å². The fraction of sp³-hybridized carbons (Fsp3) is 0.440. The first-order chi connectivity index (χ1) is 16.6. The molecule has 1 aliphatic heterocycles. The molecule has 1 unspecified atom stereocenters. The van der Waals surface area contributed by atoms with E-state index in [0.717, 1.165) is 50.7 Å². The minimum Gasteiger partial charge on any atom is -0.376 e. The Morgan fingerprint density at radius 1 is 1.18 bits per heavy atom. The molecule has 9 heteroatoms. The molecule has 1 saturated heterocycles. The summed E-state index contributed by atoms with van der Waals surface area (Å²) in [6, 6.07) is 7.13. The van der Waals surface area contributed by atoms with Crippen LogP contribution in [0.4, 0.5) is 5.00 Å². The summed E-state index contributed by atoms with van der Waals surface area (Å²) in [5, 5.41) is 7.12. The molecule has 2 aliphatic rings. The zero-order chi connectivity index (χ0) is 23.5. The number of carbonyl (C=O) groups excluding carboxylic acids is 2. The normalized spacial score (nSPS) is 17.5. The number of aromatic nitrogens is 2. The van der Waals surface area contributed by atoms with Crippen LogP contribution in [-0.2, 0) is 28.8 Å². The summed E-state index contributed by atoms with van der Waals surface area (Å²) in [5.41, 5.74) is 2.06. The summed E-state index contributed by atoms with van der Waals surface area (Å²) in [6.45, 7) is 1.23. The highest BCUT2D eigenvalue weighted by molar-refractivity contribution is 7.17. The number of amides is 2. The summed E-state index contributed by atoms with van der Waals surface area (Å²) in [5.74, 6) is 0.118. The molecule has 3 N–H and O–H groups in total. The average molecular weight is 481 g/mol. The number of benzene rings is 1. The molecule has 0 bridgehead atoms. The van der Waals surface area contributed by atoms with E-state index in [-0.39, 0.29) is 29.9 Å². The highest BCUT2D eigenvalue weighted by Crippen LogP contribution is 2.38. The minimum atomic E-state index is -0.211. The van der Waals surface area contributed by atoms with Gasteiger partial charge in [0.2, 0.25) is 5.91 Å². The highest BCUT2D eigenvalue weighted by Gasteiger charge is 2.27. The summed E-state index contributed by atoms with van der Waals surface area (Å²) in [6.07, 6.45) is 6.43. The monoisotopic (exact) mass is 480 g/mol. The number of hydrogen-bond donors (Lipinski definition) is 3. The Morgan fingerprint density at radius 2 is 2.03 bits per heavy atom. The average Bonchev–Trinajstić information content (AvgIpc) is 3.49. The molecule has 3 aromatic rings. The van der Waals surface area contributed by atoms with Gasteiger partial charge in [0.25, 0.3) is 11.5 Å². The number of para-hydroxylation sites is 1. The van der Waals surface area contributed by atoms with Crippen LogP contribution in [0.5, 0.6) is 0 Å². The van der Waals surface area contributed by atoms with E-state index in [4.69, 9.17) is 4.74 Å². The van der Waals surface area contributed by atoms with Gasteiger partial charge in [-0.25, -0.2) is 4.98 Å². The number of H-pyrrole nitrogens is 1. The molecule has 0 radical (unpaired) electrons. The third-order valence-corrected chi connectivity index (χ3v) is 7.62. The number of aryl methyl sites for hydroxylation is 2.